The van der Waals surface area contributed by atoms with Crippen LogP contribution in [0.25, 0.3) is 5.82 Å². The van der Waals surface area contributed by atoms with Crippen LogP contribution in [-0.4, -0.2) is 26.3 Å². The molecule has 2 heterocycles. The Labute approximate surface area is 113 Å². The highest BCUT2D eigenvalue weighted by molar-refractivity contribution is 5.41. The van der Waals surface area contributed by atoms with Crippen molar-refractivity contribution in [2.45, 2.75) is 26.4 Å². The van der Waals surface area contributed by atoms with Gasteiger partial charge in [-0.15, -0.1) is 0 Å². The second-order valence-corrected chi connectivity index (χ2v) is 4.05. The van der Waals surface area contributed by atoms with Crippen molar-refractivity contribution in [2.75, 3.05) is 11.9 Å². The fourth-order valence-electron chi connectivity index (χ4n) is 1.63. The van der Waals surface area contributed by atoms with E-state index in [1.54, 1.807) is 6.07 Å². The molecule has 0 saturated carbocycles. The Morgan fingerprint density at radius 1 is 1.25 bits per heavy atom. The van der Waals surface area contributed by atoms with Crippen LogP contribution in [0.4, 0.5) is 19.0 Å². The molecule has 0 saturated heterocycles. The van der Waals surface area contributed by atoms with E-state index in [1.807, 2.05) is 13.8 Å². The lowest BCUT2D eigenvalue weighted by Crippen LogP contribution is -2.10. The van der Waals surface area contributed by atoms with E-state index < -0.39 is 11.9 Å². The fraction of sp³-hybridized carbons (Fsp3) is 0.417. The van der Waals surface area contributed by atoms with Crippen LogP contribution in [0.5, 0.6) is 0 Å². The molecule has 0 bridgehead atoms. The molecular formula is C12H14F3N5. The van der Waals surface area contributed by atoms with E-state index in [4.69, 9.17) is 0 Å². The molecule has 1 N–H and O–H groups in total. The van der Waals surface area contributed by atoms with Gasteiger partial charge >= 0.3 is 6.18 Å². The molecule has 0 amide bonds. The number of aromatic nitrogens is 4. The van der Waals surface area contributed by atoms with Crippen molar-refractivity contribution >= 4 is 5.82 Å². The van der Waals surface area contributed by atoms with Gasteiger partial charge in [0, 0.05) is 25.2 Å². The Kier molecular flexibility index (Phi) is 3.91. The van der Waals surface area contributed by atoms with Crippen molar-refractivity contribution in [3.63, 3.8) is 0 Å². The summed E-state index contributed by atoms with van der Waals surface area (Å²) in [6, 6.07) is 2.48. The van der Waals surface area contributed by atoms with Gasteiger partial charge < -0.3 is 5.32 Å². The molecule has 20 heavy (non-hydrogen) atoms. The molecule has 0 aromatic carbocycles. The summed E-state index contributed by atoms with van der Waals surface area (Å²) in [5.74, 6) is 1.42. The van der Waals surface area contributed by atoms with Crippen LogP contribution >= 0.6 is 0 Å². The predicted molar refractivity (Wildman–Crippen MR) is 67.7 cm³/mol. The molecule has 0 aliphatic rings. The number of hydrogen-bond donors (Lipinski definition) is 1. The maximum Gasteiger partial charge on any atom is 0.435 e. The third kappa shape index (κ3) is 3.06. The number of alkyl halides is 3. The van der Waals surface area contributed by atoms with E-state index in [0.717, 1.165) is 10.7 Å². The topological polar surface area (TPSA) is 55.6 Å². The van der Waals surface area contributed by atoms with Gasteiger partial charge in [0.25, 0.3) is 0 Å². The highest BCUT2D eigenvalue weighted by Gasteiger charge is 2.33. The lowest BCUT2D eigenvalue weighted by Gasteiger charge is -2.08. The van der Waals surface area contributed by atoms with Crippen molar-refractivity contribution < 1.29 is 13.2 Å². The lowest BCUT2D eigenvalue weighted by molar-refractivity contribution is -0.141. The fourth-order valence-corrected chi connectivity index (χ4v) is 1.63. The van der Waals surface area contributed by atoms with Crippen molar-refractivity contribution in [1.29, 1.82) is 0 Å². The summed E-state index contributed by atoms with van der Waals surface area (Å²) in [4.78, 5) is 8.42. The molecule has 2 aromatic rings. The van der Waals surface area contributed by atoms with Crippen LogP contribution in [0.15, 0.2) is 18.3 Å². The molecule has 5 nitrogen and oxygen atoms in total. The van der Waals surface area contributed by atoms with Gasteiger partial charge in [-0.2, -0.15) is 18.3 Å². The quantitative estimate of drug-likeness (QED) is 0.938. The molecule has 0 spiro atoms. The average molecular weight is 285 g/mol. The molecule has 2 rings (SSSR count). The van der Waals surface area contributed by atoms with Crippen molar-refractivity contribution in [2.24, 2.45) is 0 Å². The Morgan fingerprint density at radius 3 is 2.55 bits per heavy atom. The van der Waals surface area contributed by atoms with E-state index in [0.29, 0.717) is 30.4 Å². The molecule has 0 aliphatic heterocycles. The Hall–Kier alpha value is -2.12. The molecule has 0 aliphatic carbocycles. The lowest BCUT2D eigenvalue weighted by atomic mass is 10.4. The number of anilines is 1. The smallest absolute Gasteiger partial charge is 0.370 e. The molecule has 0 radical (unpaired) electrons. The second-order valence-electron chi connectivity index (χ2n) is 4.05. The van der Waals surface area contributed by atoms with Crippen molar-refractivity contribution in [3.05, 3.63) is 29.8 Å². The van der Waals surface area contributed by atoms with Crippen LogP contribution in [0.2, 0.25) is 0 Å². The molecule has 0 fully saturated rings. The van der Waals surface area contributed by atoms with Gasteiger partial charge in [0.2, 0.25) is 0 Å². The first-order chi connectivity index (χ1) is 9.44. The first-order valence-corrected chi connectivity index (χ1v) is 6.19. The summed E-state index contributed by atoms with van der Waals surface area (Å²) in [7, 11) is 0. The third-order valence-electron chi connectivity index (χ3n) is 2.55. The summed E-state index contributed by atoms with van der Waals surface area (Å²) in [6.07, 6.45) is -2.64. The molecule has 108 valence electrons. The van der Waals surface area contributed by atoms with Gasteiger partial charge in [0.15, 0.2) is 11.5 Å². The highest BCUT2D eigenvalue weighted by atomic mass is 19.4. The Morgan fingerprint density at radius 2 is 2.00 bits per heavy atom. The minimum atomic E-state index is -4.46. The maximum atomic E-state index is 12.5. The zero-order valence-electron chi connectivity index (χ0n) is 11.1. The summed E-state index contributed by atoms with van der Waals surface area (Å²) in [5, 5.41) is 6.52. The van der Waals surface area contributed by atoms with E-state index in [9.17, 15) is 13.2 Å². The Balaban J connectivity index is 2.41. The number of hydrogen-bond acceptors (Lipinski definition) is 4. The van der Waals surface area contributed by atoms with Gasteiger partial charge in [-0.3, -0.25) is 0 Å². The van der Waals surface area contributed by atoms with E-state index in [-0.39, 0.29) is 0 Å². The number of aryl methyl sites for hydroxylation is 1. The molecule has 0 unspecified atom stereocenters. The van der Waals surface area contributed by atoms with E-state index in [2.05, 4.69) is 20.4 Å². The van der Waals surface area contributed by atoms with Crippen LogP contribution in [-0.2, 0) is 12.6 Å². The number of halogens is 3. The predicted octanol–water partition coefficient (Wildman–Crippen LogP) is 2.68. The van der Waals surface area contributed by atoms with Crippen molar-refractivity contribution in [3.8, 4) is 5.82 Å². The van der Waals surface area contributed by atoms with E-state index >= 15 is 0 Å². The largest absolute Gasteiger partial charge is 0.435 e. The Bertz CT molecular complexity index is 591. The second kappa shape index (κ2) is 5.48. The zero-order chi connectivity index (χ0) is 14.8. The normalized spacial score (nSPS) is 11.7. The van der Waals surface area contributed by atoms with Crippen LogP contribution in [0.3, 0.4) is 0 Å². The van der Waals surface area contributed by atoms with E-state index in [1.165, 1.54) is 6.20 Å². The number of nitrogens with one attached hydrogen (secondary N) is 1. The maximum absolute atomic E-state index is 12.5. The van der Waals surface area contributed by atoms with Crippen molar-refractivity contribution in [1.82, 2.24) is 19.7 Å². The summed E-state index contributed by atoms with van der Waals surface area (Å²) < 4.78 is 38.7. The first-order valence-electron chi connectivity index (χ1n) is 6.19. The molecule has 2 aromatic heterocycles. The monoisotopic (exact) mass is 285 g/mol. The molecule has 8 heteroatoms. The average Bonchev–Trinajstić information content (AvgIpc) is 2.88. The molecular weight excluding hydrogens is 271 g/mol. The summed E-state index contributed by atoms with van der Waals surface area (Å²) >= 11 is 0. The standard InChI is InChI=1S/C12H14F3N5/c1-3-9-17-10(16-4-2)7-11(18-9)20-6-5-8(19-20)12(13,14)15/h5-7H,3-4H2,1-2H3,(H,16,17,18). The molecule has 0 atom stereocenters. The van der Waals surface area contributed by atoms with Gasteiger partial charge in [-0.1, -0.05) is 6.92 Å². The van der Waals surface area contributed by atoms with Gasteiger partial charge in [-0.05, 0) is 13.0 Å². The van der Waals surface area contributed by atoms with Crippen LogP contribution in [0, 0.1) is 0 Å². The van der Waals surface area contributed by atoms with Gasteiger partial charge in [-0.25, -0.2) is 14.6 Å². The number of rotatable bonds is 4. The van der Waals surface area contributed by atoms with Gasteiger partial charge in [0.05, 0.1) is 0 Å². The van der Waals surface area contributed by atoms with Crippen LogP contribution < -0.4 is 5.32 Å². The highest BCUT2D eigenvalue weighted by Crippen LogP contribution is 2.27. The third-order valence-corrected chi connectivity index (χ3v) is 2.55. The van der Waals surface area contributed by atoms with Crippen LogP contribution in [0.1, 0.15) is 25.4 Å². The zero-order valence-corrected chi connectivity index (χ0v) is 11.1. The SMILES string of the molecule is CCNc1cc(-n2ccc(C(F)(F)F)n2)nc(CC)n1. The minimum absolute atomic E-state index is 0.309. The minimum Gasteiger partial charge on any atom is -0.370 e. The first kappa shape index (κ1) is 14.3. The summed E-state index contributed by atoms with van der Waals surface area (Å²) in [6.45, 7) is 4.44. The van der Waals surface area contributed by atoms with Gasteiger partial charge in [0.1, 0.15) is 11.6 Å². The number of nitrogens with zero attached hydrogens (tertiary/aromatic N) is 4. The summed E-state index contributed by atoms with van der Waals surface area (Å²) in [5.41, 5.74) is -0.945.